The van der Waals surface area contributed by atoms with E-state index in [2.05, 4.69) is 5.32 Å². The van der Waals surface area contributed by atoms with E-state index in [-0.39, 0.29) is 18.4 Å². The number of para-hydroxylation sites is 2. The number of amides is 2. The van der Waals surface area contributed by atoms with Gasteiger partial charge in [0, 0.05) is 35.4 Å². The number of carbonyl (C=O) groups excluding carboxylic acids is 3. The van der Waals surface area contributed by atoms with Gasteiger partial charge < -0.3 is 31.4 Å². The van der Waals surface area contributed by atoms with Gasteiger partial charge in [0.05, 0.1) is 17.9 Å². The number of benzene rings is 4. The highest BCUT2D eigenvalue weighted by molar-refractivity contribution is 6.11. The molecule has 2 amide bonds. The van der Waals surface area contributed by atoms with E-state index in [1.54, 1.807) is 35.2 Å². The van der Waals surface area contributed by atoms with E-state index in [0.717, 1.165) is 34.4 Å². The maximum Gasteiger partial charge on any atom is 0.258 e. The third-order valence-electron chi connectivity index (χ3n) is 7.29. The molecule has 8 heteroatoms. The Bertz CT molecular complexity index is 1590. The number of carbonyl (C=O) groups is 3. The van der Waals surface area contributed by atoms with Gasteiger partial charge in [-0.05, 0) is 73.0 Å². The molecular weight excluding hydrogens is 526 g/mol. The van der Waals surface area contributed by atoms with Gasteiger partial charge >= 0.3 is 0 Å². The molecule has 8 nitrogen and oxygen atoms in total. The molecule has 1 unspecified atom stereocenters. The first-order valence-electron chi connectivity index (χ1n) is 13.9. The Morgan fingerprint density at radius 2 is 1.55 bits per heavy atom. The lowest BCUT2D eigenvalue weighted by molar-refractivity contribution is -0.108. The largest absolute Gasteiger partial charge is 0.356 e. The number of nitrogens with one attached hydrogen (secondary N) is 1. The van der Waals surface area contributed by atoms with E-state index >= 15 is 0 Å². The highest BCUT2D eigenvalue weighted by Gasteiger charge is 2.35. The molecule has 42 heavy (non-hydrogen) atoms. The van der Waals surface area contributed by atoms with Crippen molar-refractivity contribution in [1.29, 1.82) is 0 Å². The van der Waals surface area contributed by atoms with E-state index in [1.165, 1.54) is 0 Å². The zero-order valence-corrected chi connectivity index (χ0v) is 23.8. The number of hydrogen-bond donors (Lipinski definition) is 3. The van der Waals surface area contributed by atoms with E-state index in [4.69, 9.17) is 11.5 Å². The van der Waals surface area contributed by atoms with Crippen molar-refractivity contribution in [1.82, 2.24) is 0 Å². The first-order chi connectivity index (χ1) is 20.2. The minimum Gasteiger partial charge on any atom is -0.356 e. The summed E-state index contributed by atoms with van der Waals surface area (Å²) < 4.78 is 0. The Morgan fingerprint density at radius 3 is 2.19 bits per heavy atom. The van der Waals surface area contributed by atoms with Crippen LogP contribution < -0.4 is 26.6 Å². The summed E-state index contributed by atoms with van der Waals surface area (Å²) in [6, 6.07) is 29.0. The van der Waals surface area contributed by atoms with Crippen molar-refractivity contribution < 1.29 is 14.4 Å². The van der Waals surface area contributed by atoms with Gasteiger partial charge in [0.1, 0.15) is 12.3 Å². The van der Waals surface area contributed by atoms with Gasteiger partial charge in [-0.25, -0.2) is 0 Å². The van der Waals surface area contributed by atoms with Crippen molar-refractivity contribution in [2.75, 3.05) is 28.2 Å². The summed E-state index contributed by atoms with van der Waals surface area (Å²) in [6.45, 7) is 4.94. The molecule has 5 N–H and O–H groups in total. The molecule has 1 aliphatic rings. The molecule has 0 saturated carbocycles. The van der Waals surface area contributed by atoms with Crippen molar-refractivity contribution in [3.8, 4) is 11.1 Å². The standard InChI is InChI=1S/C34H35N5O3/c1-34(2,36)22-39-27(21-40)20-38(30-9-5-6-10-31(30)39)33(42)25-15-17-26(18-16-25)37-32(41)29-8-4-3-7-28(29)24-13-11-23(19-35)12-14-24/h3-18,21,27H,19-20,22,35-36H2,1-2H3,(H,37,41). The molecule has 5 rings (SSSR count). The normalized spacial score (nSPS) is 14.7. The highest BCUT2D eigenvalue weighted by atomic mass is 16.2. The molecule has 0 bridgehead atoms. The summed E-state index contributed by atoms with van der Waals surface area (Å²) >= 11 is 0. The minimum absolute atomic E-state index is 0.205. The first-order valence-corrected chi connectivity index (χ1v) is 13.9. The Labute approximate surface area is 245 Å². The SMILES string of the molecule is CC(C)(N)CN1c2ccccc2N(C(=O)c2ccc(NC(=O)c3ccccc3-c3ccc(CN)cc3)cc2)CC1C=O. The van der Waals surface area contributed by atoms with Gasteiger partial charge in [0.25, 0.3) is 11.8 Å². The Hall–Kier alpha value is -4.79. The fraction of sp³-hybridized carbons (Fsp3) is 0.206. The van der Waals surface area contributed by atoms with Gasteiger partial charge in [-0.2, -0.15) is 0 Å². The van der Waals surface area contributed by atoms with Crippen LogP contribution >= 0.6 is 0 Å². The zero-order valence-electron chi connectivity index (χ0n) is 23.8. The fourth-order valence-electron chi connectivity index (χ4n) is 5.25. The molecule has 4 aromatic carbocycles. The van der Waals surface area contributed by atoms with Crippen LogP contribution in [0.25, 0.3) is 11.1 Å². The number of nitrogens with zero attached hydrogens (tertiary/aromatic N) is 2. The van der Waals surface area contributed by atoms with Crippen molar-refractivity contribution in [2.24, 2.45) is 11.5 Å². The molecule has 1 heterocycles. The zero-order chi connectivity index (χ0) is 29.9. The van der Waals surface area contributed by atoms with Crippen LogP contribution in [0.15, 0.2) is 97.1 Å². The lowest BCUT2D eigenvalue weighted by atomic mass is 9.98. The van der Waals surface area contributed by atoms with E-state index in [1.807, 2.05) is 85.5 Å². The van der Waals surface area contributed by atoms with E-state index in [0.29, 0.717) is 29.9 Å². The number of aldehydes is 1. The summed E-state index contributed by atoms with van der Waals surface area (Å²) in [5.41, 5.74) is 17.3. The van der Waals surface area contributed by atoms with Crippen LogP contribution in [-0.2, 0) is 11.3 Å². The number of hydrogen-bond acceptors (Lipinski definition) is 6. The molecule has 4 aromatic rings. The van der Waals surface area contributed by atoms with Crippen molar-refractivity contribution in [2.45, 2.75) is 32.0 Å². The fourth-order valence-corrected chi connectivity index (χ4v) is 5.25. The van der Waals surface area contributed by atoms with E-state index < -0.39 is 11.6 Å². The molecular formula is C34H35N5O3. The molecule has 1 atom stereocenters. The lowest BCUT2D eigenvalue weighted by Gasteiger charge is -2.44. The second-order valence-electron chi connectivity index (χ2n) is 11.2. The second kappa shape index (κ2) is 12.0. The number of rotatable bonds is 8. The van der Waals surface area contributed by atoms with Crippen molar-refractivity contribution >= 4 is 35.2 Å². The molecule has 214 valence electrons. The maximum absolute atomic E-state index is 13.7. The third kappa shape index (κ3) is 6.10. The maximum atomic E-state index is 13.7. The summed E-state index contributed by atoms with van der Waals surface area (Å²) in [6.07, 6.45) is 0.866. The van der Waals surface area contributed by atoms with Gasteiger partial charge in [-0.1, -0.05) is 54.6 Å². The highest BCUT2D eigenvalue weighted by Crippen LogP contribution is 2.36. The van der Waals surface area contributed by atoms with Crippen LogP contribution in [0.5, 0.6) is 0 Å². The smallest absolute Gasteiger partial charge is 0.258 e. The van der Waals surface area contributed by atoms with Gasteiger partial charge in [0.15, 0.2) is 0 Å². The topological polar surface area (TPSA) is 122 Å². The van der Waals surface area contributed by atoms with E-state index in [9.17, 15) is 14.4 Å². The molecule has 1 aliphatic heterocycles. The lowest BCUT2D eigenvalue weighted by Crippen LogP contribution is -2.57. The summed E-state index contributed by atoms with van der Waals surface area (Å²) in [7, 11) is 0. The van der Waals surface area contributed by atoms with Gasteiger partial charge in [-0.3, -0.25) is 9.59 Å². The summed E-state index contributed by atoms with van der Waals surface area (Å²) in [4.78, 5) is 42.7. The number of nitrogens with two attached hydrogens (primary N) is 2. The third-order valence-corrected chi connectivity index (χ3v) is 7.29. The van der Waals surface area contributed by atoms with Crippen LogP contribution in [-0.4, -0.2) is 42.8 Å². The molecule has 0 saturated heterocycles. The molecule has 0 aromatic heterocycles. The summed E-state index contributed by atoms with van der Waals surface area (Å²) in [5, 5.41) is 2.95. The predicted octanol–water partition coefficient (Wildman–Crippen LogP) is 4.84. The quantitative estimate of drug-likeness (QED) is 0.265. The Morgan fingerprint density at radius 1 is 0.905 bits per heavy atom. The minimum atomic E-state index is -0.531. The molecule has 0 fully saturated rings. The van der Waals surface area contributed by atoms with Crippen LogP contribution in [0.4, 0.5) is 17.1 Å². The molecule has 0 radical (unpaired) electrons. The summed E-state index contributed by atoms with van der Waals surface area (Å²) in [5.74, 6) is -0.487. The van der Waals surface area contributed by atoms with Crippen LogP contribution in [0, 0.1) is 0 Å². The van der Waals surface area contributed by atoms with Gasteiger partial charge in [-0.15, -0.1) is 0 Å². The first kappa shape index (κ1) is 28.7. The number of fused-ring (bicyclic) bond motifs is 1. The Balaban J connectivity index is 1.35. The second-order valence-corrected chi connectivity index (χ2v) is 11.2. The van der Waals surface area contributed by atoms with Crippen LogP contribution in [0.3, 0.4) is 0 Å². The molecule has 0 spiro atoms. The van der Waals surface area contributed by atoms with Crippen LogP contribution in [0.1, 0.15) is 40.1 Å². The Kier molecular flexibility index (Phi) is 8.20. The predicted molar refractivity (Wildman–Crippen MR) is 168 cm³/mol. The van der Waals surface area contributed by atoms with Crippen LogP contribution in [0.2, 0.25) is 0 Å². The van der Waals surface area contributed by atoms with Gasteiger partial charge in [0.2, 0.25) is 0 Å². The number of anilines is 3. The average Bonchev–Trinajstić information content (AvgIpc) is 3.00. The average molecular weight is 562 g/mol. The van der Waals surface area contributed by atoms with Crippen molar-refractivity contribution in [3.63, 3.8) is 0 Å². The monoisotopic (exact) mass is 561 g/mol. The molecule has 0 aliphatic carbocycles. The van der Waals surface area contributed by atoms with Crippen molar-refractivity contribution in [3.05, 3.63) is 114 Å².